The topological polar surface area (TPSA) is 68.4 Å². The first-order chi connectivity index (χ1) is 15.1. The normalized spacial score (nSPS) is 19.9. The number of methoxy groups -OCH3 is 1. The van der Waals surface area contributed by atoms with E-state index in [4.69, 9.17) is 4.74 Å². The van der Waals surface area contributed by atoms with Gasteiger partial charge in [-0.05, 0) is 12.5 Å². The van der Waals surface area contributed by atoms with Crippen LogP contribution in [0.5, 0.6) is 0 Å². The standard InChI is InChI=1S/C23H37N5O3/c1-20(27-13-9-26(10-14-27)19-22(29)24-8-17-31-2)23(30)28-15-11-25(12-16-28)18-21-6-4-3-5-7-21/h3-7,20H,8-19H2,1-2H3,(H,24,29). The lowest BCUT2D eigenvalue weighted by molar-refractivity contribution is -0.139. The van der Waals surface area contributed by atoms with Gasteiger partial charge in [0.15, 0.2) is 0 Å². The number of piperazine rings is 2. The van der Waals surface area contributed by atoms with Gasteiger partial charge in [-0.15, -0.1) is 0 Å². The summed E-state index contributed by atoms with van der Waals surface area (Å²) in [5, 5.41) is 2.86. The molecule has 2 amide bonds. The maximum absolute atomic E-state index is 13.0. The molecule has 0 radical (unpaired) electrons. The molecule has 0 saturated carbocycles. The summed E-state index contributed by atoms with van der Waals surface area (Å²) in [7, 11) is 1.62. The molecule has 2 saturated heterocycles. The first kappa shape index (κ1) is 23.7. The Morgan fingerprint density at radius 1 is 0.968 bits per heavy atom. The van der Waals surface area contributed by atoms with Crippen LogP contribution in [0.3, 0.4) is 0 Å². The molecule has 1 aromatic carbocycles. The number of carbonyl (C=O) groups is 2. The predicted octanol–water partition coefficient (Wildman–Crippen LogP) is 0.0995. The summed E-state index contributed by atoms with van der Waals surface area (Å²) < 4.78 is 4.95. The molecule has 0 aliphatic carbocycles. The van der Waals surface area contributed by atoms with Crippen molar-refractivity contribution in [1.29, 1.82) is 0 Å². The lowest BCUT2D eigenvalue weighted by atomic mass is 10.1. The summed E-state index contributed by atoms with van der Waals surface area (Å²) in [4.78, 5) is 33.8. The molecule has 8 heteroatoms. The van der Waals surface area contributed by atoms with Crippen LogP contribution in [0.15, 0.2) is 30.3 Å². The Morgan fingerprint density at radius 3 is 2.26 bits per heavy atom. The third-order valence-corrected chi connectivity index (χ3v) is 6.24. The molecule has 1 N–H and O–H groups in total. The molecule has 0 aromatic heterocycles. The SMILES string of the molecule is COCCNC(=O)CN1CCN(C(C)C(=O)N2CCN(Cc3ccccc3)CC2)CC1. The Hall–Kier alpha value is -2.00. The zero-order chi connectivity index (χ0) is 22.1. The van der Waals surface area contributed by atoms with Crippen LogP contribution in [0.1, 0.15) is 12.5 Å². The van der Waals surface area contributed by atoms with E-state index < -0.39 is 0 Å². The van der Waals surface area contributed by atoms with Gasteiger partial charge in [0.2, 0.25) is 11.8 Å². The fourth-order valence-electron chi connectivity index (χ4n) is 4.25. The first-order valence-corrected chi connectivity index (χ1v) is 11.3. The summed E-state index contributed by atoms with van der Waals surface area (Å²) >= 11 is 0. The summed E-state index contributed by atoms with van der Waals surface area (Å²) in [6.07, 6.45) is 0. The van der Waals surface area contributed by atoms with Gasteiger partial charge in [-0.2, -0.15) is 0 Å². The number of rotatable bonds is 9. The zero-order valence-corrected chi connectivity index (χ0v) is 19.0. The monoisotopic (exact) mass is 431 g/mol. The van der Waals surface area contributed by atoms with Gasteiger partial charge in [0, 0.05) is 72.6 Å². The molecule has 2 aliphatic heterocycles. The lowest BCUT2D eigenvalue weighted by Gasteiger charge is -2.41. The van der Waals surface area contributed by atoms with E-state index in [-0.39, 0.29) is 17.9 Å². The van der Waals surface area contributed by atoms with Crippen molar-refractivity contribution >= 4 is 11.8 Å². The second kappa shape index (κ2) is 12.1. The lowest BCUT2D eigenvalue weighted by Crippen LogP contribution is -2.58. The van der Waals surface area contributed by atoms with Crippen molar-refractivity contribution in [2.75, 3.05) is 79.2 Å². The van der Waals surface area contributed by atoms with Gasteiger partial charge in [0.25, 0.3) is 0 Å². The molecule has 0 bridgehead atoms. The number of ether oxygens (including phenoxy) is 1. The third-order valence-electron chi connectivity index (χ3n) is 6.24. The van der Waals surface area contributed by atoms with Crippen LogP contribution in [0.2, 0.25) is 0 Å². The molecule has 1 aromatic rings. The minimum absolute atomic E-state index is 0.0306. The average Bonchev–Trinajstić information content (AvgIpc) is 2.80. The number of nitrogens with zero attached hydrogens (tertiary/aromatic N) is 4. The highest BCUT2D eigenvalue weighted by Gasteiger charge is 2.30. The third kappa shape index (κ3) is 7.28. The highest BCUT2D eigenvalue weighted by molar-refractivity contribution is 5.81. The molecule has 8 nitrogen and oxygen atoms in total. The summed E-state index contributed by atoms with van der Waals surface area (Å²) in [5.74, 6) is 0.258. The molecule has 2 fully saturated rings. The molecule has 172 valence electrons. The molecule has 2 aliphatic rings. The van der Waals surface area contributed by atoms with Crippen molar-refractivity contribution in [2.45, 2.75) is 19.5 Å². The van der Waals surface area contributed by atoms with Crippen LogP contribution in [0, 0.1) is 0 Å². The largest absolute Gasteiger partial charge is 0.383 e. The second-order valence-electron chi connectivity index (χ2n) is 8.42. The van der Waals surface area contributed by atoms with Gasteiger partial charge in [0.1, 0.15) is 0 Å². The number of hydrogen-bond acceptors (Lipinski definition) is 6. The summed E-state index contributed by atoms with van der Waals surface area (Å²) in [5.41, 5.74) is 1.32. The van der Waals surface area contributed by atoms with Crippen molar-refractivity contribution in [2.24, 2.45) is 0 Å². The molecular weight excluding hydrogens is 394 g/mol. The Bertz CT molecular complexity index is 686. The minimum Gasteiger partial charge on any atom is -0.383 e. The highest BCUT2D eigenvalue weighted by atomic mass is 16.5. The molecule has 3 rings (SSSR count). The Labute approximate surface area is 186 Å². The number of hydrogen-bond donors (Lipinski definition) is 1. The van der Waals surface area contributed by atoms with E-state index in [9.17, 15) is 9.59 Å². The van der Waals surface area contributed by atoms with E-state index >= 15 is 0 Å². The molecule has 1 atom stereocenters. The maximum Gasteiger partial charge on any atom is 0.239 e. The molecular formula is C23H37N5O3. The Balaban J connectivity index is 1.36. The first-order valence-electron chi connectivity index (χ1n) is 11.3. The van der Waals surface area contributed by atoms with Crippen LogP contribution in [-0.4, -0.2) is 117 Å². The molecule has 1 unspecified atom stereocenters. The average molecular weight is 432 g/mol. The van der Waals surface area contributed by atoms with Crippen molar-refractivity contribution in [3.63, 3.8) is 0 Å². The van der Waals surface area contributed by atoms with Gasteiger partial charge in [0.05, 0.1) is 19.2 Å². The number of benzene rings is 1. The Morgan fingerprint density at radius 2 is 1.61 bits per heavy atom. The van der Waals surface area contributed by atoms with Gasteiger partial charge in [-0.1, -0.05) is 30.3 Å². The Kier molecular flexibility index (Phi) is 9.27. The van der Waals surface area contributed by atoms with Crippen LogP contribution >= 0.6 is 0 Å². The summed E-state index contributed by atoms with van der Waals surface area (Å²) in [6.45, 7) is 11.1. The van der Waals surface area contributed by atoms with Crippen LogP contribution in [0.25, 0.3) is 0 Å². The molecule has 31 heavy (non-hydrogen) atoms. The number of nitrogens with one attached hydrogen (secondary N) is 1. The van der Waals surface area contributed by atoms with E-state index in [1.165, 1.54) is 5.56 Å². The van der Waals surface area contributed by atoms with Gasteiger partial charge >= 0.3 is 0 Å². The molecule has 2 heterocycles. The van der Waals surface area contributed by atoms with Gasteiger partial charge in [-0.25, -0.2) is 0 Å². The van der Waals surface area contributed by atoms with Crippen molar-refractivity contribution in [1.82, 2.24) is 24.9 Å². The van der Waals surface area contributed by atoms with Crippen LogP contribution in [0.4, 0.5) is 0 Å². The summed E-state index contributed by atoms with van der Waals surface area (Å²) in [6, 6.07) is 10.4. The highest BCUT2D eigenvalue weighted by Crippen LogP contribution is 2.13. The fraction of sp³-hybridized carbons (Fsp3) is 0.652. The van der Waals surface area contributed by atoms with E-state index in [0.717, 1.165) is 58.9 Å². The van der Waals surface area contributed by atoms with E-state index in [1.54, 1.807) is 7.11 Å². The van der Waals surface area contributed by atoms with Crippen molar-refractivity contribution < 1.29 is 14.3 Å². The van der Waals surface area contributed by atoms with E-state index in [2.05, 4.69) is 44.3 Å². The fourth-order valence-corrected chi connectivity index (χ4v) is 4.25. The minimum atomic E-state index is -0.113. The second-order valence-corrected chi connectivity index (χ2v) is 8.42. The smallest absolute Gasteiger partial charge is 0.239 e. The van der Waals surface area contributed by atoms with E-state index in [0.29, 0.717) is 19.7 Å². The quantitative estimate of drug-likeness (QED) is 0.560. The van der Waals surface area contributed by atoms with Crippen molar-refractivity contribution in [3.8, 4) is 0 Å². The maximum atomic E-state index is 13.0. The number of amides is 2. The molecule has 0 spiro atoms. The van der Waals surface area contributed by atoms with Crippen LogP contribution < -0.4 is 5.32 Å². The van der Waals surface area contributed by atoms with Crippen LogP contribution in [-0.2, 0) is 20.9 Å². The zero-order valence-electron chi connectivity index (χ0n) is 19.0. The van der Waals surface area contributed by atoms with Gasteiger partial charge < -0.3 is 15.0 Å². The van der Waals surface area contributed by atoms with Gasteiger partial charge in [-0.3, -0.25) is 24.3 Å². The van der Waals surface area contributed by atoms with Crippen molar-refractivity contribution in [3.05, 3.63) is 35.9 Å². The van der Waals surface area contributed by atoms with E-state index in [1.807, 2.05) is 17.9 Å². The number of carbonyl (C=O) groups excluding carboxylic acids is 2. The predicted molar refractivity (Wildman–Crippen MR) is 121 cm³/mol.